The lowest BCUT2D eigenvalue weighted by Crippen LogP contribution is -2.42. The predicted octanol–water partition coefficient (Wildman–Crippen LogP) is 3.55. The van der Waals surface area contributed by atoms with Crippen LogP contribution in [0.5, 0.6) is 0 Å². The van der Waals surface area contributed by atoms with E-state index >= 15 is 0 Å². The summed E-state index contributed by atoms with van der Waals surface area (Å²) in [5.41, 5.74) is 2.50. The van der Waals surface area contributed by atoms with Gasteiger partial charge in [-0.2, -0.15) is 0 Å². The topological polar surface area (TPSA) is 35.5 Å². The third-order valence-electron chi connectivity index (χ3n) is 4.06. The number of anilines is 1. The van der Waals surface area contributed by atoms with Gasteiger partial charge in [-0.25, -0.2) is 0 Å². The summed E-state index contributed by atoms with van der Waals surface area (Å²) in [4.78, 5) is 2.35. The van der Waals surface area contributed by atoms with Gasteiger partial charge in [0.05, 0.1) is 12.3 Å². The van der Waals surface area contributed by atoms with Gasteiger partial charge >= 0.3 is 0 Å². The molecule has 118 valence electrons. The molecule has 1 saturated carbocycles. The molecule has 0 unspecified atom stereocenters. The zero-order valence-corrected chi connectivity index (χ0v) is 14.7. The van der Waals surface area contributed by atoms with E-state index in [1.807, 2.05) is 0 Å². The first kappa shape index (κ1) is 16.8. The minimum absolute atomic E-state index is 0.209. The van der Waals surface area contributed by atoms with Crippen molar-refractivity contribution in [3.8, 4) is 0 Å². The van der Waals surface area contributed by atoms with Crippen LogP contribution < -0.4 is 10.2 Å². The molecular weight excluding hydrogens is 328 g/mol. The highest BCUT2D eigenvalue weighted by atomic mass is 79.9. The van der Waals surface area contributed by atoms with E-state index in [1.165, 1.54) is 30.5 Å². The molecule has 1 aromatic carbocycles. The van der Waals surface area contributed by atoms with Crippen LogP contribution in [0.25, 0.3) is 0 Å². The molecule has 0 saturated heterocycles. The molecule has 21 heavy (non-hydrogen) atoms. The van der Waals surface area contributed by atoms with Crippen molar-refractivity contribution < 1.29 is 5.11 Å². The molecule has 3 nitrogen and oxygen atoms in total. The van der Waals surface area contributed by atoms with E-state index in [2.05, 4.69) is 58.2 Å². The lowest BCUT2D eigenvalue weighted by molar-refractivity contribution is 0.283. The molecular formula is C17H27BrN2O. The number of hydrogen-bond donors (Lipinski definition) is 2. The molecule has 0 heterocycles. The van der Waals surface area contributed by atoms with E-state index in [0.717, 1.165) is 17.6 Å². The van der Waals surface area contributed by atoms with E-state index in [4.69, 9.17) is 0 Å². The molecule has 0 aliphatic heterocycles. The van der Waals surface area contributed by atoms with E-state index in [-0.39, 0.29) is 6.61 Å². The van der Waals surface area contributed by atoms with Gasteiger partial charge in [-0.15, -0.1) is 0 Å². The van der Waals surface area contributed by atoms with Gasteiger partial charge in [-0.3, -0.25) is 0 Å². The third-order valence-corrected chi connectivity index (χ3v) is 4.69. The van der Waals surface area contributed by atoms with Gasteiger partial charge in [0.1, 0.15) is 0 Å². The summed E-state index contributed by atoms with van der Waals surface area (Å²) in [5.74, 6) is 0.673. The largest absolute Gasteiger partial charge is 0.395 e. The Morgan fingerprint density at radius 3 is 2.67 bits per heavy atom. The van der Waals surface area contributed by atoms with E-state index in [1.54, 1.807) is 0 Å². The second-order valence-electron chi connectivity index (χ2n) is 6.31. The molecule has 0 bridgehead atoms. The summed E-state index contributed by atoms with van der Waals surface area (Å²) in [7, 11) is 0. The highest BCUT2D eigenvalue weighted by molar-refractivity contribution is 9.10. The number of aliphatic hydroxyl groups is 1. The van der Waals surface area contributed by atoms with Crippen molar-refractivity contribution in [1.82, 2.24) is 5.32 Å². The van der Waals surface area contributed by atoms with Crippen molar-refractivity contribution in [3.05, 3.63) is 28.2 Å². The summed E-state index contributed by atoms with van der Waals surface area (Å²) in [6, 6.07) is 7.17. The molecule has 0 amide bonds. The fourth-order valence-electron chi connectivity index (χ4n) is 2.70. The Balaban J connectivity index is 2.02. The molecule has 0 radical (unpaired) electrons. The minimum atomic E-state index is 0.209. The molecule has 0 atom stereocenters. The normalized spacial score (nSPS) is 15.3. The molecule has 1 aliphatic rings. The Kier molecular flexibility index (Phi) is 6.52. The van der Waals surface area contributed by atoms with Gasteiger partial charge in [0.15, 0.2) is 0 Å². The number of halogens is 1. The van der Waals surface area contributed by atoms with Gasteiger partial charge in [-0.05, 0) is 65.4 Å². The predicted molar refractivity (Wildman–Crippen MR) is 92.8 cm³/mol. The quantitative estimate of drug-likeness (QED) is 0.749. The second-order valence-corrected chi connectivity index (χ2v) is 7.17. The maximum absolute atomic E-state index is 9.31. The van der Waals surface area contributed by atoms with Gasteiger partial charge in [-0.1, -0.05) is 19.9 Å². The lowest BCUT2D eigenvalue weighted by Gasteiger charge is -2.39. The average molecular weight is 355 g/mol. The zero-order chi connectivity index (χ0) is 15.2. The van der Waals surface area contributed by atoms with E-state index in [9.17, 15) is 5.11 Å². The van der Waals surface area contributed by atoms with Crippen molar-refractivity contribution in [3.63, 3.8) is 0 Å². The number of nitrogens with one attached hydrogen (secondary N) is 1. The Hall–Kier alpha value is -0.580. The van der Waals surface area contributed by atoms with Gasteiger partial charge < -0.3 is 15.3 Å². The van der Waals surface area contributed by atoms with Crippen molar-refractivity contribution >= 4 is 21.6 Å². The van der Waals surface area contributed by atoms with Crippen LogP contribution in [-0.4, -0.2) is 30.8 Å². The van der Waals surface area contributed by atoms with Gasteiger partial charge in [0.2, 0.25) is 0 Å². The standard InChI is InChI=1S/C17H27BrN2O/c1-13(2)11-19-12-14-6-7-17(16(18)10-14)20(8-9-21)15-4-3-5-15/h6-7,10,13,15,19,21H,3-5,8-9,11-12H2,1-2H3. The number of benzene rings is 1. The van der Waals surface area contributed by atoms with Crippen molar-refractivity contribution in [1.29, 1.82) is 0 Å². The number of aliphatic hydroxyl groups excluding tert-OH is 1. The number of rotatable bonds is 8. The lowest BCUT2D eigenvalue weighted by atomic mass is 9.91. The van der Waals surface area contributed by atoms with Crippen LogP contribution in [-0.2, 0) is 6.54 Å². The molecule has 0 aromatic heterocycles. The van der Waals surface area contributed by atoms with Crippen LogP contribution >= 0.6 is 15.9 Å². The number of nitrogens with zero attached hydrogens (tertiary/aromatic N) is 1. The van der Waals surface area contributed by atoms with Crippen LogP contribution in [0.2, 0.25) is 0 Å². The summed E-state index contributed by atoms with van der Waals surface area (Å²) in [6.07, 6.45) is 3.79. The van der Waals surface area contributed by atoms with Crippen LogP contribution in [0.3, 0.4) is 0 Å². The Morgan fingerprint density at radius 1 is 1.38 bits per heavy atom. The summed E-state index contributed by atoms with van der Waals surface area (Å²) < 4.78 is 1.13. The monoisotopic (exact) mass is 354 g/mol. The Bertz CT molecular complexity index is 446. The third kappa shape index (κ3) is 4.70. The van der Waals surface area contributed by atoms with Crippen LogP contribution in [0.1, 0.15) is 38.7 Å². The molecule has 2 N–H and O–H groups in total. The van der Waals surface area contributed by atoms with Gasteiger partial charge in [0, 0.05) is 23.6 Å². The molecule has 0 spiro atoms. The van der Waals surface area contributed by atoms with Crippen molar-refractivity contribution in [2.75, 3.05) is 24.6 Å². The second kappa shape index (κ2) is 8.16. The maximum atomic E-state index is 9.31. The maximum Gasteiger partial charge on any atom is 0.0606 e. The Morgan fingerprint density at radius 2 is 2.14 bits per heavy atom. The molecule has 2 rings (SSSR count). The highest BCUT2D eigenvalue weighted by Gasteiger charge is 2.25. The molecule has 1 aromatic rings. The number of hydrogen-bond acceptors (Lipinski definition) is 3. The first-order chi connectivity index (χ1) is 10.1. The minimum Gasteiger partial charge on any atom is -0.395 e. The SMILES string of the molecule is CC(C)CNCc1ccc(N(CCO)C2CCC2)c(Br)c1. The average Bonchev–Trinajstić information content (AvgIpc) is 2.36. The summed E-state index contributed by atoms with van der Waals surface area (Å²) in [6.45, 7) is 7.31. The smallest absolute Gasteiger partial charge is 0.0606 e. The highest BCUT2D eigenvalue weighted by Crippen LogP contribution is 2.34. The Labute approximate surface area is 136 Å². The summed E-state index contributed by atoms with van der Waals surface area (Å²) >= 11 is 3.71. The van der Waals surface area contributed by atoms with Crippen LogP contribution in [0, 0.1) is 5.92 Å². The zero-order valence-electron chi connectivity index (χ0n) is 13.1. The molecule has 1 aliphatic carbocycles. The molecule has 4 heteroatoms. The summed E-state index contributed by atoms with van der Waals surface area (Å²) in [5, 5.41) is 12.8. The first-order valence-corrected chi connectivity index (χ1v) is 8.77. The fraction of sp³-hybridized carbons (Fsp3) is 0.647. The fourth-order valence-corrected chi connectivity index (χ4v) is 3.36. The van der Waals surface area contributed by atoms with E-state index < -0.39 is 0 Å². The van der Waals surface area contributed by atoms with Gasteiger partial charge in [0.25, 0.3) is 0 Å². The van der Waals surface area contributed by atoms with Crippen molar-refractivity contribution in [2.24, 2.45) is 5.92 Å². The van der Waals surface area contributed by atoms with Crippen molar-refractivity contribution in [2.45, 2.75) is 45.7 Å². The first-order valence-electron chi connectivity index (χ1n) is 7.98. The molecule has 1 fully saturated rings. The van der Waals surface area contributed by atoms with Crippen LogP contribution in [0.15, 0.2) is 22.7 Å². The van der Waals surface area contributed by atoms with E-state index in [0.29, 0.717) is 18.5 Å². The van der Waals surface area contributed by atoms with Crippen LogP contribution in [0.4, 0.5) is 5.69 Å².